The van der Waals surface area contributed by atoms with Crippen LogP contribution in [-0.2, 0) is 9.84 Å². The maximum atomic E-state index is 13.6. The third-order valence-corrected chi connectivity index (χ3v) is 8.63. The van der Waals surface area contributed by atoms with Crippen LogP contribution in [0.25, 0.3) is 16.8 Å². The van der Waals surface area contributed by atoms with Crippen LogP contribution in [0.15, 0.2) is 36.4 Å². The van der Waals surface area contributed by atoms with Gasteiger partial charge in [-0.1, -0.05) is 37.6 Å². The predicted molar refractivity (Wildman–Crippen MR) is 136 cm³/mol. The minimum atomic E-state index is -3.18. The van der Waals surface area contributed by atoms with Crippen LogP contribution in [0.5, 0.6) is 0 Å². The molecule has 1 atom stereocenters. The minimum absolute atomic E-state index is 0.0633. The molecule has 174 valence electrons. The van der Waals surface area contributed by atoms with Crippen molar-refractivity contribution in [3.63, 3.8) is 0 Å². The summed E-state index contributed by atoms with van der Waals surface area (Å²) in [4.78, 5) is 13.6. The summed E-state index contributed by atoms with van der Waals surface area (Å²) in [5.74, 6) is 0.383. The van der Waals surface area contributed by atoms with E-state index in [4.69, 9.17) is 11.6 Å². The molecule has 1 fully saturated rings. The van der Waals surface area contributed by atoms with E-state index in [-0.39, 0.29) is 23.3 Å². The van der Waals surface area contributed by atoms with Crippen molar-refractivity contribution in [1.82, 2.24) is 25.5 Å². The minimum Gasteiger partial charge on any atom is -0.346 e. The molecule has 3 aromatic rings. The summed E-state index contributed by atoms with van der Waals surface area (Å²) in [7, 11) is -3.18. The Balaban J connectivity index is 1.84. The molecule has 2 aromatic carbocycles. The Kier molecular flexibility index (Phi) is 6.53. The van der Waals surface area contributed by atoms with E-state index in [1.165, 1.54) is 0 Å². The van der Waals surface area contributed by atoms with Gasteiger partial charge in [0.1, 0.15) is 0 Å². The Labute approximate surface area is 211 Å². The largest absolute Gasteiger partial charge is 0.346 e. The second kappa shape index (κ2) is 8.95. The van der Waals surface area contributed by atoms with Gasteiger partial charge >= 0.3 is 0 Å². The Morgan fingerprint density at radius 1 is 1.24 bits per heavy atom. The van der Waals surface area contributed by atoms with E-state index in [1.54, 1.807) is 29.8 Å². The predicted octanol–water partition coefficient (Wildman–Crippen LogP) is 4.02. The first-order chi connectivity index (χ1) is 15.5. The molecule has 0 saturated carbocycles. The van der Waals surface area contributed by atoms with E-state index >= 15 is 0 Å². The molecule has 0 spiro atoms. The summed E-state index contributed by atoms with van der Waals surface area (Å²) >= 11 is 8.27. The van der Waals surface area contributed by atoms with Crippen LogP contribution in [-0.4, -0.2) is 51.6 Å². The van der Waals surface area contributed by atoms with Crippen molar-refractivity contribution in [2.75, 3.05) is 11.5 Å². The zero-order valence-corrected chi connectivity index (χ0v) is 22.1. The third kappa shape index (κ3) is 5.07. The fraction of sp³-hybridized carbons (Fsp3) is 0.364. The lowest BCUT2D eigenvalue weighted by molar-refractivity contribution is 0.0916. The first-order valence-electron chi connectivity index (χ1n) is 10.4. The summed E-state index contributed by atoms with van der Waals surface area (Å²) in [6.07, 6.45) is 0.374. The summed E-state index contributed by atoms with van der Waals surface area (Å²) < 4.78 is 26.6. The number of tetrazole rings is 1. The number of halogens is 2. The highest BCUT2D eigenvalue weighted by molar-refractivity contribution is 14.1. The van der Waals surface area contributed by atoms with Crippen LogP contribution in [0.4, 0.5) is 0 Å². The van der Waals surface area contributed by atoms with E-state index < -0.39 is 15.4 Å². The Morgan fingerprint density at radius 3 is 2.55 bits per heavy atom. The van der Waals surface area contributed by atoms with Gasteiger partial charge < -0.3 is 5.32 Å². The molecule has 1 amide bonds. The van der Waals surface area contributed by atoms with Crippen LogP contribution < -0.4 is 5.32 Å². The van der Waals surface area contributed by atoms with Crippen LogP contribution in [0.3, 0.4) is 0 Å². The van der Waals surface area contributed by atoms with Crippen LogP contribution in [0, 0.1) is 3.57 Å². The van der Waals surface area contributed by atoms with Crippen molar-refractivity contribution < 1.29 is 13.2 Å². The number of carbonyl (C=O) groups excluding carboxylic acids is 1. The van der Waals surface area contributed by atoms with Crippen molar-refractivity contribution in [3.05, 3.63) is 56.4 Å². The van der Waals surface area contributed by atoms with Gasteiger partial charge in [0.15, 0.2) is 15.7 Å². The van der Waals surface area contributed by atoms with Gasteiger partial charge in [0, 0.05) is 20.1 Å². The number of carbonyl (C=O) groups is 1. The van der Waals surface area contributed by atoms with Gasteiger partial charge in [0.25, 0.3) is 5.91 Å². The molecule has 11 heteroatoms. The lowest BCUT2D eigenvalue weighted by Gasteiger charge is -2.25. The van der Waals surface area contributed by atoms with Crippen molar-refractivity contribution in [3.8, 4) is 16.8 Å². The van der Waals surface area contributed by atoms with Crippen LogP contribution >= 0.6 is 34.2 Å². The number of amides is 1. The number of hydrogen-bond acceptors (Lipinski definition) is 6. The summed E-state index contributed by atoms with van der Waals surface area (Å²) in [5.41, 5.74) is 1.80. The molecule has 0 radical (unpaired) electrons. The van der Waals surface area contributed by atoms with Gasteiger partial charge in [0.05, 0.1) is 28.3 Å². The average molecular weight is 600 g/mol. The lowest BCUT2D eigenvalue weighted by atomic mass is 9.96. The van der Waals surface area contributed by atoms with Crippen LogP contribution in [0.1, 0.15) is 49.3 Å². The zero-order valence-electron chi connectivity index (χ0n) is 18.3. The Bertz CT molecular complexity index is 1320. The maximum Gasteiger partial charge on any atom is 0.252 e. The standard InChI is InChI=1S/C22H23ClIN5O3S/c1-13(2)20-26-27-28-29(20)16-10-17(21(30)25-22(3)8-9-33(31,32)12-22)19(18(24)11-16)14-4-6-15(23)7-5-14/h4-7,10-11,13H,8-9,12H2,1-3H3,(H,25,30). The van der Waals surface area contributed by atoms with E-state index in [2.05, 4.69) is 43.4 Å². The molecule has 1 aromatic heterocycles. The fourth-order valence-electron chi connectivity index (χ4n) is 3.99. The molecule has 1 aliphatic heterocycles. The number of hydrogen-bond donors (Lipinski definition) is 1. The van der Waals surface area contributed by atoms with E-state index in [0.717, 1.165) is 14.7 Å². The molecule has 1 saturated heterocycles. The molecule has 0 aliphatic carbocycles. The summed E-state index contributed by atoms with van der Waals surface area (Å²) in [5, 5.41) is 15.6. The van der Waals surface area contributed by atoms with Gasteiger partial charge in [-0.05, 0) is 76.2 Å². The first kappa shape index (κ1) is 24.1. The normalized spacial score (nSPS) is 19.7. The molecular weight excluding hydrogens is 577 g/mol. The topological polar surface area (TPSA) is 107 Å². The van der Waals surface area contributed by atoms with E-state index in [1.807, 2.05) is 32.0 Å². The first-order valence-corrected chi connectivity index (χ1v) is 13.7. The van der Waals surface area contributed by atoms with E-state index in [0.29, 0.717) is 28.5 Å². The van der Waals surface area contributed by atoms with Gasteiger partial charge in [-0.25, -0.2) is 8.42 Å². The lowest BCUT2D eigenvalue weighted by Crippen LogP contribution is -2.47. The van der Waals surface area contributed by atoms with Crippen molar-refractivity contribution in [2.24, 2.45) is 0 Å². The van der Waals surface area contributed by atoms with E-state index in [9.17, 15) is 13.2 Å². The quantitative estimate of drug-likeness (QED) is 0.444. The molecule has 1 unspecified atom stereocenters. The Hall–Kier alpha value is -2.05. The molecule has 1 N–H and O–H groups in total. The number of benzene rings is 2. The second-order valence-electron chi connectivity index (χ2n) is 8.82. The SMILES string of the molecule is CC(C)c1nnnn1-c1cc(I)c(-c2ccc(Cl)cc2)c(C(=O)NC2(C)CCS(=O)(=O)C2)c1. The van der Waals surface area contributed by atoms with Gasteiger partial charge in [-0.3, -0.25) is 4.79 Å². The average Bonchev–Trinajstić information content (AvgIpc) is 3.32. The van der Waals surface area contributed by atoms with Gasteiger partial charge in [-0.15, -0.1) is 5.10 Å². The van der Waals surface area contributed by atoms with Crippen molar-refractivity contribution in [1.29, 1.82) is 0 Å². The highest BCUT2D eigenvalue weighted by atomic mass is 127. The van der Waals surface area contributed by atoms with Gasteiger partial charge in [-0.2, -0.15) is 4.68 Å². The molecule has 4 rings (SSSR count). The monoisotopic (exact) mass is 599 g/mol. The second-order valence-corrected chi connectivity index (χ2v) is 12.6. The molecule has 8 nitrogen and oxygen atoms in total. The molecule has 2 heterocycles. The molecule has 33 heavy (non-hydrogen) atoms. The van der Waals surface area contributed by atoms with Gasteiger partial charge in [0.2, 0.25) is 0 Å². The summed E-state index contributed by atoms with van der Waals surface area (Å²) in [6.45, 7) is 5.75. The number of nitrogens with zero attached hydrogens (tertiary/aromatic N) is 4. The third-order valence-electron chi connectivity index (χ3n) is 5.63. The van der Waals surface area contributed by atoms with Crippen molar-refractivity contribution in [2.45, 2.75) is 38.6 Å². The number of aromatic nitrogens is 4. The molecular formula is C22H23ClIN5O3S. The van der Waals surface area contributed by atoms with Crippen molar-refractivity contribution >= 4 is 49.9 Å². The number of sulfone groups is 1. The molecule has 0 bridgehead atoms. The summed E-state index contributed by atoms with van der Waals surface area (Å²) in [6, 6.07) is 10.9. The highest BCUT2D eigenvalue weighted by Crippen LogP contribution is 2.34. The molecule has 1 aliphatic rings. The Morgan fingerprint density at radius 2 is 1.94 bits per heavy atom. The number of rotatable bonds is 5. The maximum absolute atomic E-state index is 13.6. The fourth-order valence-corrected chi connectivity index (χ4v) is 7.13. The zero-order chi connectivity index (χ0) is 24.0. The highest BCUT2D eigenvalue weighted by Gasteiger charge is 2.40. The van der Waals surface area contributed by atoms with Crippen LogP contribution in [0.2, 0.25) is 5.02 Å². The smallest absolute Gasteiger partial charge is 0.252 e. The number of nitrogens with one attached hydrogen (secondary N) is 1.